The summed E-state index contributed by atoms with van der Waals surface area (Å²) in [6, 6.07) is 8.91. The van der Waals surface area contributed by atoms with Gasteiger partial charge in [-0.1, -0.05) is 24.3 Å². The van der Waals surface area contributed by atoms with Gasteiger partial charge in [-0.3, -0.25) is 4.79 Å². The summed E-state index contributed by atoms with van der Waals surface area (Å²) in [6.45, 7) is 2.07. The SMILES string of the molecule is CCOC(=O)C(=O)N1CC(CCl)c2c1cc(O)c1ccccc21. The van der Waals surface area contributed by atoms with Crippen LogP contribution >= 0.6 is 11.6 Å². The average molecular weight is 334 g/mol. The van der Waals surface area contributed by atoms with Gasteiger partial charge < -0.3 is 14.7 Å². The minimum Gasteiger partial charge on any atom is -0.507 e. The lowest BCUT2D eigenvalue weighted by molar-refractivity contribution is -0.153. The molecule has 2 aromatic rings. The number of phenolic OH excluding ortho intramolecular Hbond substituents is 1. The maximum Gasteiger partial charge on any atom is 0.397 e. The molecule has 6 heteroatoms. The van der Waals surface area contributed by atoms with Crippen LogP contribution in [0.1, 0.15) is 18.4 Å². The van der Waals surface area contributed by atoms with Gasteiger partial charge in [0, 0.05) is 29.8 Å². The molecule has 1 amide bonds. The quantitative estimate of drug-likeness (QED) is 0.521. The molecule has 23 heavy (non-hydrogen) atoms. The molecule has 0 saturated carbocycles. The van der Waals surface area contributed by atoms with E-state index in [1.54, 1.807) is 6.92 Å². The number of carbonyl (C=O) groups is 2. The van der Waals surface area contributed by atoms with Crippen LogP contribution in [0, 0.1) is 0 Å². The number of carbonyl (C=O) groups excluding carboxylic acids is 2. The van der Waals surface area contributed by atoms with Crippen LogP contribution in [0.3, 0.4) is 0 Å². The zero-order chi connectivity index (χ0) is 16.6. The van der Waals surface area contributed by atoms with Crippen LogP contribution in [0.15, 0.2) is 30.3 Å². The van der Waals surface area contributed by atoms with E-state index in [1.165, 1.54) is 11.0 Å². The smallest absolute Gasteiger partial charge is 0.397 e. The van der Waals surface area contributed by atoms with Crippen LogP contribution in [0.5, 0.6) is 5.75 Å². The summed E-state index contributed by atoms with van der Waals surface area (Å²) in [5, 5.41) is 11.8. The summed E-state index contributed by atoms with van der Waals surface area (Å²) in [5.41, 5.74) is 1.40. The summed E-state index contributed by atoms with van der Waals surface area (Å²) >= 11 is 6.07. The number of fused-ring (bicyclic) bond motifs is 3. The van der Waals surface area contributed by atoms with Gasteiger partial charge in [0.1, 0.15) is 5.75 Å². The van der Waals surface area contributed by atoms with Crippen LogP contribution in [-0.2, 0) is 14.3 Å². The molecule has 1 aliphatic heterocycles. The number of benzene rings is 2. The number of aromatic hydroxyl groups is 1. The standard InChI is InChI=1S/C17H16ClNO4/c1-2-23-17(22)16(21)19-9-10(8-18)15-12-6-4-3-5-11(12)14(20)7-13(15)19/h3-7,10,20H,2,8-9H2,1H3. The fourth-order valence-electron chi connectivity index (χ4n) is 3.05. The number of esters is 1. The van der Waals surface area contributed by atoms with Gasteiger partial charge in [-0.15, -0.1) is 11.6 Å². The van der Waals surface area contributed by atoms with Gasteiger partial charge in [0.05, 0.1) is 12.3 Å². The Morgan fingerprint density at radius 3 is 2.70 bits per heavy atom. The number of hydrogen-bond acceptors (Lipinski definition) is 4. The second-order valence-electron chi connectivity index (χ2n) is 5.36. The number of alkyl halides is 1. The van der Waals surface area contributed by atoms with Crippen LogP contribution < -0.4 is 4.90 Å². The number of phenols is 1. The van der Waals surface area contributed by atoms with Gasteiger partial charge >= 0.3 is 11.9 Å². The van der Waals surface area contributed by atoms with Gasteiger partial charge in [0.15, 0.2) is 0 Å². The number of amides is 1. The minimum absolute atomic E-state index is 0.0660. The molecule has 0 saturated heterocycles. The zero-order valence-corrected chi connectivity index (χ0v) is 13.3. The van der Waals surface area contributed by atoms with E-state index in [2.05, 4.69) is 0 Å². The molecule has 1 atom stereocenters. The molecule has 120 valence electrons. The van der Waals surface area contributed by atoms with Gasteiger partial charge in [-0.2, -0.15) is 0 Å². The topological polar surface area (TPSA) is 66.8 Å². The monoisotopic (exact) mass is 333 g/mol. The highest BCUT2D eigenvalue weighted by molar-refractivity contribution is 6.38. The lowest BCUT2D eigenvalue weighted by Crippen LogP contribution is -2.37. The van der Waals surface area contributed by atoms with Crippen molar-refractivity contribution in [2.45, 2.75) is 12.8 Å². The lowest BCUT2D eigenvalue weighted by Gasteiger charge is -2.17. The third kappa shape index (κ3) is 2.51. The van der Waals surface area contributed by atoms with Crippen molar-refractivity contribution in [3.05, 3.63) is 35.9 Å². The first-order valence-electron chi connectivity index (χ1n) is 7.37. The predicted molar refractivity (Wildman–Crippen MR) is 88.1 cm³/mol. The Kier molecular flexibility index (Phi) is 4.13. The number of ether oxygens (including phenoxy) is 1. The molecule has 0 spiro atoms. The van der Waals surface area contributed by atoms with Crippen molar-refractivity contribution in [1.29, 1.82) is 0 Å². The van der Waals surface area contributed by atoms with Crippen molar-refractivity contribution in [3.63, 3.8) is 0 Å². The Hall–Kier alpha value is -2.27. The zero-order valence-electron chi connectivity index (χ0n) is 12.6. The van der Waals surface area contributed by atoms with E-state index in [9.17, 15) is 14.7 Å². The number of rotatable bonds is 2. The van der Waals surface area contributed by atoms with E-state index in [4.69, 9.17) is 16.3 Å². The fourth-order valence-corrected chi connectivity index (χ4v) is 3.30. The third-order valence-electron chi connectivity index (χ3n) is 4.03. The molecule has 0 aromatic heterocycles. The molecule has 0 aliphatic carbocycles. The minimum atomic E-state index is -0.902. The van der Waals surface area contributed by atoms with Gasteiger partial charge in [-0.25, -0.2) is 4.79 Å². The maximum atomic E-state index is 12.3. The van der Waals surface area contributed by atoms with Crippen molar-refractivity contribution in [3.8, 4) is 5.75 Å². The molecule has 1 heterocycles. The summed E-state index contributed by atoms with van der Waals surface area (Å²) in [4.78, 5) is 25.4. The van der Waals surface area contributed by atoms with E-state index in [0.717, 1.165) is 10.9 Å². The van der Waals surface area contributed by atoms with Crippen molar-refractivity contribution < 1.29 is 19.4 Å². The highest BCUT2D eigenvalue weighted by Crippen LogP contribution is 2.45. The second kappa shape index (κ2) is 6.08. The number of nitrogens with zero attached hydrogens (tertiary/aromatic N) is 1. The Balaban J connectivity index is 2.15. The predicted octanol–water partition coefficient (Wildman–Crippen LogP) is 2.78. The largest absolute Gasteiger partial charge is 0.507 e. The van der Waals surface area contributed by atoms with Crippen molar-refractivity contribution >= 4 is 39.9 Å². The van der Waals surface area contributed by atoms with Crippen molar-refractivity contribution in [2.75, 3.05) is 23.9 Å². The molecule has 5 nitrogen and oxygen atoms in total. The van der Waals surface area contributed by atoms with E-state index in [1.807, 2.05) is 24.3 Å². The molecule has 1 unspecified atom stereocenters. The Bertz CT molecular complexity index is 790. The molecular weight excluding hydrogens is 318 g/mol. The molecule has 0 radical (unpaired) electrons. The average Bonchev–Trinajstić information content (AvgIpc) is 2.93. The number of anilines is 1. The highest BCUT2D eigenvalue weighted by Gasteiger charge is 2.37. The molecule has 3 rings (SSSR count). The van der Waals surface area contributed by atoms with Gasteiger partial charge in [-0.05, 0) is 17.9 Å². The normalized spacial score (nSPS) is 16.4. The summed E-state index contributed by atoms with van der Waals surface area (Å²) in [5.74, 6) is -1.36. The fraction of sp³-hybridized carbons (Fsp3) is 0.294. The summed E-state index contributed by atoms with van der Waals surface area (Å²) < 4.78 is 4.79. The number of halogens is 1. The van der Waals surface area contributed by atoms with E-state index >= 15 is 0 Å². The van der Waals surface area contributed by atoms with Gasteiger partial charge in [0.25, 0.3) is 0 Å². The van der Waals surface area contributed by atoms with Crippen LogP contribution in [0.25, 0.3) is 10.8 Å². The Labute approximate surface area is 138 Å². The highest BCUT2D eigenvalue weighted by atomic mass is 35.5. The van der Waals surface area contributed by atoms with E-state index in [0.29, 0.717) is 23.5 Å². The Morgan fingerprint density at radius 2 is 2.04 bits per heavy atom. The van der Waals surface area contributed by atoms with E-state index in [-0.39, 0.29) is 18.3 Å². The summed E-state index contributed by atoms with van der Waals surface area (Å²) in [7, 11) is 0. The lowest BCUT2D eigenvalue weighted by atomic mass is 9.95. The van der Waals surface area contributed by atoms with Crippen molar-refractivity contribution in [1.82, 2.24) is 0 Å². The molecule has 1 aliphatic rings. The van der Waals surface area contributed by atoms with Gasteiger partial charge in [0.2, 0.25) is 0 Å². The molecular formula is C17H16ClNO4. The van der Waals surface area contributed by atoms with Crippen molar-refractivity contribution in [2.24, 2.45) is 0 Å². The second-order valence-corrected chi connectivity index (χ2v) is 5.67. The first kappa shape index (κ1) is 15.6. The summed E-state index contributed by atoms with van der Waals surface area (Å²) in [6.07, 6.45) is 0. The molecule has 1 N–H and O–H groups in total. The Morgan fingerprint density at radius 1 is 1.35 bits per heavy atom. The number of hydrogen-bond donors (Lipinski definition) is 1. The maximum absolute atomic E-state index is 12.3. The molecule has 0 bridgehead atoms. The first-order valence-corrected chi connectivity index (χ1v) is 7.91. The van der Waals surface area contributed by atoms with Crippen LogP contribution in [-0.4, -0.2) is 36.0 Å². The third-order valence-corrected chi connectivity index (χ3v) is 4.40. The first-order chi connectivity index (χ1) is 11.1. The van der Waals surface area contributed by atoms with E-state index < -0.39 is 11.9 Å². The van der Waals surface area contributed by atoms with Crippen LogP contribution in [0.2, 0.25) is 0 Å². The molecule has 0 fully saturated rings. The van der Waals surface area contributed by atoms with Crippen LogP contribution in [0.4, 0.5) is 5.69 Å². The molecule has 2 aromatic carbocycles.